The van der Waals surface area contributed by atoms with Crippen molar-refractivity contribution in [2.24, 2.45) is 5.84 Å². The number of nitrogens with zero attached hydrogens (tertiary/aromatic N) is 2. The van der Waals surface area contributed by atoms with Crippen molar-refractivity contribution >= 4 is 0 Å². The van der Waals surface area contributed by atoms with Crippen LogP contribution >= 0.6 is 0 Å². The Labute approximate surface area is 120 Å². The molecule has 0 saturated heterocycles. The SMILES string of the molecule is NNC(Cc1ccn(C2CCCC2)n1)c1ccccc1. The van der Waals surface area contributed by atoms with Crippen molar-refractivity contribution in [2.75, 3.05) is 0 Å². The predicted molar refractivity (Wildman–Crippen MR) is 79.9 cm³/mol. The molecule has 4 heteroatoms. The molecule has 0 radical (unpaired) electrons. The van der Waals surface area contributed by atoms with Crippen molar-refractivity contribution in [3.8, 4) is 0 Å². The Bertz CT molecular complexity index is 528. The average Bonchev–Trinajstić information content (AvgIpc) is 3.16. The molecule has 20 heavy (non-hydrogen) atoms. The predicted octanol–water partition coefficient (Wildman–Crippen LogP) is 2.75. The first-order valence-electron chi connectivity index (χ1n) is 7.42. The Hall–Kier alpha value is -1.65. The van der Waals surface area contributed by atoms with E-state index in [0.717, 1.165) is 12.1 Å². The van der Waals surface area contributed by atoms with Gasteiger partial charge in [-0.05, 0) is 24.5 Å². The van der Waals surface area contributed by atoms with E-state index in [0.29, 0.717) is 6.04 Å². The highest BCUT2D eigenvalue weighted by Crippen LogP contribution is 2.29. The summed E-state index contributed by atoms with van der Waals surface area (Å²) >= 11 is 0. The van der Waals surface area contributed by atoms with Crippen LogP contribution in [0.2, 0.25) is 0 Å². The summed E-state index contributed by atoms with van der Waals surface area (Å²) in [6, 6.07) is 13.1. The highest BCUT2D eigenvalue weighted by molar-refractivity contribution is 5.20. The second-order valence-electron chi connectivity index (χ2n) is 5.56. The number of nitrogens with one attached hydrogen (secondary N) is 1. The van der Waals surface area contributed by atoms with Crippen LogP contribution in [0.15, 0.2) is 42.6 Å². The van der Waals surface area contributed by atoms with Crippen LogP contribution in [0.4, 0.5) is 0 Å². The molecule has 1 unspecified atom stereocenters. The zero-order chi connectivity index (χ0) is 13.8. The number of hydrogen-bond acceptors (Lipinski definition) is 3. The van der Waals surface area contributed by atoms with E-state index in [9.17, 15) is 0 Å². The number of nitrogens with two attached hydrogens (primary N) is 1. The number of aromatic nitrogens is 2. The van der Waals surface area contributed by atoms with Crippen LogP contribution in [0.5, 0.6) is 0 Å². The Kier molecular flexibility index (Phi) is 4.14. The molecule has 2 aromatic rings. The van der Waals surface area contributed by atoms with Crippen LogP contribution in [0.1, 0.15) is 49.0 Å². The molecule has 106 valence electrons. The Morgan fingerprint density at radius 3 is 2.65 bits per heavy atom. The lowest BCUT2D eigenvalue weighted by Gasteiger charge is -2.15. The van der Waals surface area contributed by atoms with Gasteiger partial charge in [-0.1, -0.05) is 43.2 Å². The zero-order valence-corrected chi connectivity index (χ0v) is 11.7. The number of benzene rings is 1. The van der Waals surface area contributed by atoms with Gasteiger partial charge in [0, 0.05) is 12.6 Å². The molecule has 1 aliphatic carbocycles. The third-order valence-electron chi connectivity index (χ3n) is 4.18. The molecule has 4 nitrogen and oxygen atoms in total. The molecule has 1 atom stereocenters. The molecule has 0 bridgehead atoms. The summed E-state index contributed by atoms with van der Waals surface area (Å²) in [7, 11) is 0. The first kappa shape index (κ1) is 13.3. The molecule has 0 amide bonds. The van der Waals surface area contributed by atoms with Crippen LogP contribution < -0.4 is 11.3 Å². The Morgan fingerprint density at radius 2 is 1.95 bits per heavy atom. The third-order valence-corrected chi connectivity index (χ3v) is 4.18. The highest BCUT2D eigenvalue weighted by Gasteiger charge is 2.18. The van der Waals surface area contributed by atoms with Crippen molar-refractivity contribution < 1.29 is 0 Å². The molecular formula is C16H22N4. The minimum atomic E-state index is 0.114. The molecule has 3 rings (SSSR count). The third kappa shape index (κ3) is 2.92. The molecule has 1 aromatic carbocycles. The quantitative estimate of drug-likeness (QED) is 0.649. The van der Waals surface area contributed by atoms with Gasteiger partial charge in [0.1, 0.15) is 0 Å². The largest absolute Gasteiger partial charge is 0.271 e. The topological polar surface area (TPSA) is 55.9 Å². The molecule has 1 aromatic heterocycles. The van der Waals surface area contributed by atoms with E-state index in [4.69, 9.17) is 10.9 Å². The highest BCUT2D eigenvalue weighted by atomic mass is 15.3. The van der Waals surface area contributed by atoms with E-state index < -0.39 is 0 Å². The molecule has 1 heterocycles. The maximum Gasteiger partial charge on any atom is 0.0644 e. The maximum atomic E-state index is 5.70. The van der Waals surface area contributed by atoms with Crippen molar-refractivity contribution in [1.29, 1.82) is 0 Å². The smallest absolute Gasteiger partial charge is 0.0644 e. The standard InChI is InChI=1S/C16H22N4/c17-18-16(13-6-2-1-3-7-13)12-14-10-11-20(19-14)15-8-4-5-9-15/h1-3,6-7,10-11,15-16,18H,4-5,8-9,12,17H2. The minimum absolute atomic E-state index is 0.114. The lowest BCUT2D eigenvalue weighted by atomic mass is 10.0. The van der Waals surface area contributed by atoms with Crippen LogP contribution in [-0.4, -0.2) is 9.78 Å². The summed E-state index contributed by atoms with van der Waals surface area (Å²) in [5.74, 6) is 5.70. The molecular weight excluding hydrogens is 248 g/mol. The van der Waals surface area contributed by atoms with Gasteiger partial charge in [-0.15, -0.1) is 0 Å². The van der Waals surface area contributed by atoms with E-state index in [1.54, 1.807) is 0 Å². The van der Waals surface area contributed by atoms with E-state index in [1.807, 2.05) is 18.2 Å². The van der Waals surface area contributed by atoms with Gasteiger partial charge in [-0.3, -0.25) is 16.0 Å². The lowest BCUT2D eigenvalue weighted by molar-refractivity contribution is 0.457. The summed E-state index contributed by atoms with van der Waals surface area (Å²) in [6.45, 7) is 0. The summed E-state index contributed by atoms with van der Waals surface area (Å²) in [5, 5.41) is 4.73. The summed E-state index contributed by atoms with van der Waals surface area (Å²) in [5.41, 5.74) is 5.20. The monoisotopic (exact) mass is 270 g/mol. The number of hydrazine groups is 1. The lowest BCUT2D eigenvalue weighted by Crippen LogP contribution is -2.29. The summed E-state index contributed by atoms with van der Waals surface area (Å²) in [6.07, 6.45) is 8.12. The second kappa shape index (κ2) is 6.20. The van der Waals surface area contributed by atoms with Gasteiger partial charge < -0.3 is 0 Å². The van der Waals surface area contributed by atoms with E-state index >= 15 is 0 Å². The maximum absolute atomic E-state index is 5.70. The van der Waals surface area contributed by atoms with Crippen LogP contribution in [0, 0.1) is 0 Å². The molecule has 0 spiro atoms. The van der Waals surface area contributed by atoms with E-state index in [2.05, 4.69) is 34.5 Å². The van der Waals surface area contributed by atoms with Crippen molar-refractivity contribution in [3.05, 3.63) is 53.9 Å². The minimum Gasteiger partial charge on any atom is -0.271 e. The molecule has 3 N–H and O–H groups in total. The van der Waals surface area contributed by atoms with Gasteiger partial charge in [0.2, 0.25) is 0 Å². The fourth-order valence-electron chi connectivity index (χ4n) is 3.03. The summed E-state index contributed by atoms with van der Waals surface area (Å²) < 4.78 is 2.14. The molecule has 1 aliphatic rings. The van der Waals surface area contributed by atoms with Gasteiger partial charge in [-0.2, -0.15) is 5.10 Å². The molecule has 1 saturated carbocycles. The Morgan fingerprint density at radius 1 is 1.20 bits per heavy atom. The zero-order valence-electron chi connectivity index (χ0n) is 11.7. The second-order valence-corrected chi connectivity index (χ2v) is 5.56. The molecule has 1 fully saturated rings. The van der Waals surface area contributed by atoms with Gasteiger partial charge in [-0.25, -0.2) is 0 Å². The normalized spacial score (nSPS) is 17.4. The van der Waals surface area contributed by atoms with Crippen LogP contribution in [-0.2, 0) is 6.42 Å². The first-order chi connectivity index (χ1) is 9.86. The van der Waals surface area contributed by atoms with Gasteiger partial charge in [0.25, 0.3) is 0 Å². The van der Waals surface area contributed by atoms with Crippen molar-refractivity contribution in [2.45, 2.75) is 44.2 Å². The fourth-order valence-corrected chi connectivity index (χ4v) is 3.03. The Balaban J connectivity index is 1.70. The van der Waals surface area contributed by atoms with Gasteiger partial charge >= 0.3 is 0 Å². The fraction of sp³-hybridized carbons (Fsp3) is 0.438. The van der Waals surface area contributed by atoms with E-state index in [-0.39, 0.29) is 6.04 Å². The number of rotatable bonds is 5. The van der Waals surface area contributed by atoms with Crippen LogP contribution in [0.3, 0.4) is 0 Å². The van der Waals surface area contributed by atoms with Gasteiger partial charge in [0.15, 0.2) is 0 Å². The number of hydrogen-bond donors (Lipinski definition) is 2. The van der Waals surface area contributed by atoms with E-state index in [1.165, 1.54) is 31.2 Å². The van der Waals surface area contributed by atoms with Gasteiger partial charge in [0.05, 0.1) is 17.8 Å². The van der Waals surface area contributed by atoms with Crippen LogP contribution in [0.25, 0.3) is 0 Å². The van der Waals surface area contributed by atoms with Crippen molar-refractivity contribution in [1.82, 2.24) is 15.2 Å². The average molecular weight is 270 g/mol. The summed E-state index contributed by atoms with van der Waals surface area (Å²) in [4.78, 5) is 0. The molecule has 0 aliphatic heterocycles. The first-order valence-corrected chi connectivity index (χ1v) is 7.42. The van der Waals surface area contributed by atoms with Crippen molar-refractivity contribution in [3.63, 3.8) is 0 Å².